The number of carbonyl (C=O) groups excluding carboxylic acids is 1. The Bertz CT molecular complexity index is 1740. The smallest absolute Gasteiger partial charge is 0.406 e. The number of nitrogens with zero attached hydrogens (tertiary/aromatic N) is 5. The first-order chi connectivity index (χ1) is 22.5. The van der Waals surface area contributed by atoms with Gasteiger partial charge < -0.3 is 15.0 Å². The van der Waals surface area contributed by atoms with Gasteiger partial charge in [-0.25, -0.2) is 18.9 Å². The lowest BCUT2D eigenvalue weighted by Gasteiger charge is -2.32. The number of aliphatic imine (C=N–C) groups is 1. The van der Waals surface area contributed by atoms with Crippen molar-refractivity contribution in [3.05, 3.63) is 90.0 Å². The van der Waals surface area contributed by atoms with Crippen LogP contribution < -0.4 is 15.0 Å². The van der Waals surface area contributed by atoms with Gasteiger partial charge in [0, 0.05) is 35.5 Å². The molecule has 6 rings (SSSR count). The average Bonchev–Trinajstić information content (AvgIpc) is 3.72. The second kappa shape index (κ2) is 13.8. The fraction of sp³-hybridized carbons (Fsp3) is 0.353. The number of thioether (sulfide) groups is 1. The first-order valence-corrected chi connectivity index (χ1v) is 16.5. The minimum absolute atomic E-state index is 0.0709. The van der Waals surface area contributed by atoms with Gasteiger partial charge in [-0.2, -0.15) is 4.99 Å². The third-order valence-corrected chi connectivity index (χ3v) is 9.40. The van der Waals surface area contributed by atoms with Gasteiger partial charge in [-0.15, -0.1) is 18.3 Å². The zero-order valence-electron chi connectivity index (χ0n) is 25.9. The lowest BCUT2D eigenvalue weighted by Crippen LogP contribution is -2.39. The van der Waals surface area contributed by atoms with Gasteiger partial charge in [0.15, 0.2) is 11.0 Å². The highest BCUT2D eigenvalue weighted by Crippen LogP contribution is 2.36. The summed E-state index contributed by atoms with van der Waals surface area (Å²) in [5.74, 6) is 0.965. The molecule has 246 valence electrons. The van der Waals surface area contributed by atoms with Gasteiger partial charge in [0.1, 0.15) is 17.9 Å². The molecule has 0 radical (unpaired) electrons. The van der Waals surface area contributed by atoms with E-state index >= 15 is 0 Å². The molecule has 1 saturated heterocycles. The predicted octanol–water partition coefficient (Wildman–Crippen LogP) is 8.44. The molecule has 8 nitrogen and oxygen atoms in total. The molecule has 0 bridgehead atoms. The van der Waals surface area contributed by atoms with E-state index in [1.807, 2.05) is 43.0 Å². The van der Waals surface area contributed by atoms with Crippen molar-refractivity contribution in [1.82, 2.24) is 20.1 Å². The van der Waals surface area contributed by atoms with E-state index in [2.05, 4.69) is 25.1 Å². The fourth-order valence-corrected chi connectivity index (χ4v) is 7.07. The molecule has 1 aromatic heterocycles. The Morgan fingerprint density at radius 3 is 2.53 bits per heavy atom. The van der Waals surface area contributed by atoms with Crippen LogP contribution in [0.2, 0.25) is 0 Å². The molecule has 1 aliphatic carbocycles. The van der Waals surface area contributed by atoms with Crippen molar-refractivity contribution in [3.63, 3.8) is 0 Å². The lowest BCUT2D eigenvalue weighted by molar-refractivity contribution is -0.274. The van der Waals surface area contributed by atoms with Gasteiger partial charge >= 0.3 is 12.4 Å². The SMILES string of the molecule is CC(C)c1cc(F)ccc1N1CCCS/C1=N\C(=O)NC1CCCC1c1ccc(-c2ncn(-c3ccc(OC(F)(F)F)cc3)n2)cc1. The van der Waals surface area contributed by atoms with Crippen LogP contribution in [0.1, 0.15) is 62.5 Å². The zero-order valence-corrected chi connectivity index (χ0v) is 26.7. The molecule has 47 heavy (non-hydrogen) atoms. The van der Waals surface area contributed by atoms with Crippen molar-refractivity contribution < 1.29 is 27.1 Å². The summed E-state index contributed by atoms with van der Waals surface area (Å²) in [4.78, 5) is 24.2. The number of nitrogens with one attached hydrogen (secondary N) is 1. The van der Waals surface area contributed by atoms with Crippen molar-refractivity contribution in [2.45, 2.75) is 63.8 Å². The Balaban J connectivity index is 1.12. The molecular weight excluding hydrogens is 632 g/mol. The summed E-state index contributed by atoms with van der Waals surface area (Å²) >= 11 is 1.54. The van der Waals surface area contributed by atoms with Crippen LogP contribution in [0.3, 0.4) is 0 Å². The molecule has 4 aromatic rings. The van der Waals surface area contributed by atoms with Crippen LogP contribution in [0.25, 0.3) is 17.1 Å². The maximum atomic E-state index is 14.1. The van der Waals surface area contributed by atoms with Crippen molar-refractivity contribution in [3.8, 4) is 22.8 Å². The largest absolute Gasteiger partial charge is 0.573 e. The molecular formula is C34H34F4N6O2S. The van der Waals surface area contributed by atoms with E-state index in [0.29, 0.717) is 23.2 Å². The number of urea groups is 1. The summed E-state index contributed by atoms with van der Waals surface area (Å²) in [7, 11) is 0. The van der Waals surface area contributed by atoms with E-state index in [-0.39, 0.29) is 35.5 Å². The molecule has 1 aliphatic heterocycles. The van der Waals surface area contributed by atoms with Crippen molar-refractivity contribution in [2.75, 3.05) is 17.2 Å². The summed E-state index contributed by atoms with van der Waals surface area (Å²) in [5, 5.41) is 8.26. The Morgan fingerprint density at radius 2 is 1.81 bits per heavy atom. The number of carbonyl (C=O) groups is 1. The summed E-state index contributed by atoms with van der Waals surface area (Å²) in [6.45, 7) is 4.76. The molecule has 2 unspecified atom stereocenters. The highest BCUT2D eigenvalue weighted by molar-refractivity contribution is 8.14. The van der Waals surface area contributed by atoms with E-state index in [0.717, 1.165) is 53.8 Å². The van der Waals surface area contributed by atoms with Crippen molar-refractivity contribution >= 4 is 28.6 Å². The number of aromatic nitrogens is 3. The topological polar surface area (TPSA) is 84.6 Å². The quantitative estimate of drug-likeness (QED) is 0.199. The van der Waals surface area contributed by atoms with E-state index in [1.165, 1.54) is 53.1 Å². The van der Waals surface area contributed by atoms with Crippen molar-refractivity contribution in [2.24, 2.45) is 4.99 Å². The second-order valence-electron chi connectivity index (χ2n) is 11.9. The molecule has 2 aliphatic rings. The zero-order chi connectivity index (χ0) is 33.1. The average molecular weight is 667 g/mol. The Labute approximate surface area is 274 Å². The molecule has 2 heterocycles. The van der Waals surface area contributed by atoms with Crippen LogP contribution in [-0.4, -0.2) is 50.7 Å². The highest BCUT2D eigenvalue weighted by Gasteiger charge is 2.32. The van der Waals surface area contributed by atoms with Crippen LogP contribution in [0.15, 0.2) is 78.0 Å². The highest BCUT2D eigenvalue weighted by atomic mass is 32.2. The Hall–Kier alpha value is -4.39. The molecule has 1 saturated carbocycles. The number of amidine groups is 1. The Kier molecular flexibility index (Phi) is 9.53. The molecule has 2 amide bonds. The van der Waals surface area contributed by atoms with Crippen LogP contribution in [0, 0.1) is 5.82 Å². The second-order valence-corrected chi connectivity index (χ2v) is 12.9. The molecule has 2 atom stereocenters. The van der Waals surface area contributed by atoms with E-state index in [4.69, 9.17) is 0 Å². The third kappa shape index (κ3) is 7.78. The first-order valence-electron chi connectivity index (χ1n) is 15.5. The summed E-state index contributed by atoms with van der Waals surface area (Å²) in [6.07, 6.45) is 0.417. The summed E-state index contributed by atoms with van der Waals surface area (Å²) < 4.78 is 56.9. The number of hydrogen-bond donors (Lipinski definition) is 1. The molecule has 1 N–H and O–H groups in total. The third-order valence-electron chi connectivity index (χ3n) is 8.34. The van der Waals surface area contributed by atoms with Crippen LogP contribution in [0.4, 0.5) is 28.0 Å². The molecule has 3 aromatic carbocycles. The number of ether oxygens (including phenoxy) is 1. The number of halogens is 4. The summed E-state index contributed by atoms with van der Waals surface area (Å²) in [5.41, 5.74) is 4.17. The number of benzene rings is 3. The number of anilines is 1. The predicted molar refractivity (Wildman–Crippen MR) is 175 cm³/mol. The van der Waals surface area contributed by atoms with Gasteiger partial charge in [-0.1, -0.05) is 56.3 Å². The van der Waals surface area contributed by atoms with Crippen molar-refractivity contribution in [1.29, 1.82) is 0 Å². The van der Waals surface area contributed by atoms with Crippen LogP contribution in [-0.2, 0) is 0 Å². The minimum Gasteiger partial charge on any atom is -0.406 e. The molecule has 0 spiro atoms. The normalized spacial score (nSPS) is 19.4. The minimum atomic E-state index is -4.76. The van der Waals surface area contributed by atoms with E-state index < -0.39 is 6.36 Å². The number of rotatable bonds is 7. The van der Waals surface area contributed by atoms with Gasteiger partial charge in [-0.3, -0.25) is 0 Å². The maximum Gasteiger partial charge on any atom is 0.573 e. The van der Waals surface area contributed by atoms with Crippen LogP contribution >= 0.6 is 11.8 Å². The molecule has 13 heteroatoms. The van der Waals surface area contributed by atoms with Gasteiger partial charge in [-0.05, 0) is 78.8 Å². The van der Waals surface area contributed by atoms with Crippen LogP contribution in [0.5, 0.6) is 5.75 Å². The van der Waals surface area contributed by atoms with E-state index in [1.54, 1.807) is 12.1 Å². The number of alkyl halides is 3. The van der Waals surface area contributed by atoms with Gasteiger partial charge in [0.2, 0.25) is 0 Å². The van der Waals surface area contributed by atoms with E-state index in [9.17, 15) is 22.4 Å². The number of hydrogen-bond acceptors (Lipinski definition) is 5. The number of amides is 2. The first kappa shape index (κ1) is 32.5. The van der Waals surface area contributed by atoms with Gasteiger partial charge in [0.25, 0.3) is 0 Å². The molecule has 2 fully saturated rings. The summed E-state index contributed by atoms with van der Waals surface area (Å²) in [6, 6.07) is 17.6. The standard InChI is InChI=1S/C34H34F4N6O2S/c1-21(2)28-19-24(35)11-16-30(28)43-17-4-18-47-33(43)41-32(45)40-29-6-3-5-27(29)22-7-9-23(10-8-22)31-39-20-44(42-31)25-12-14-26(15-13-25)46-34(36,37)38/h7-16,19-21,27,29H,3-6,17-18H2,1-2H3,(H,40,45)/b41-33-. The fourth-order valence-electron chi connectivity index (χ4n) is 6.12. The maximum absolute atomic E-state index is 14.1. The monoisotopic (exact) mass is 666 g/mol. The Morgan fingerprint density at radius 1 is 1.04 bits per heavy atom. The van der Waals surface area contributed by atoms with Gasteiger partial charge in [0.05, 0.1) is 5.69 Å². The lowest BCUT2D eigenvalue weighted by atomic mass is 9.93.